The maximum atomic E-state index is 11.6. The van der Waals surface area contributed by atoms with Gasteiger partial charge in [0.25, 0.3) is 0 Å². The Balaban J connectivity index is 1.12. The van der Waals surface area contributed by atoms with E-state index in [1.165, 1.54) is 18.2 Å². The molecule has 3 heterocycles. The van der Waals surface area contributed by atoms with Crippen molar-refractivity contribution in [3.8, 4) is 0 Å². The third-order valence-corrected chi connectivity index (χ3v) is 11.6. The second kappa shape index (κ2) is 10.1. The Morgan fingerprint density at radius 3 is 2.67 bits per heavy atom. The Labute approximate surface area is 200 Å². The van der Waals surface area contributed by atoms with Gasteiger partial charge in [-0.3, -0.25) is 26.6 Å². The molecule has 0 amide bonds. The summed E-state index contributed by atoms with van der Waals surface area (Å²) in [4.78, 5) is 0. The zero-order valence-electron chi connectivity index (χ0n) is 19.0. The van der Waals surface area contributed by atoms with Crippen molar-refractivity contribution in [1.82, 2.24) is 26.6 Å². The maximum Gasteiger partial charge on any atom is 0.221 e. The van der Waals surface area contributed by atoms with Crippen LogP contribution in [0.25, 0.3) is 0 Å². The molecule has 2 aliphatic carbocycles. The van der Waals surface area contributed by atoms with E-state index in [9.17, 15) is 8.42 Å². The van der Waals surface area contributed by atoms with Gasteiger partial charge in [-0.15, -0.1) is 11.8 Å². The zero-order chi connectivity index (χ0) is 23.2. The minimum Gasteiger partial charge on any atom is -0.361 e. The van der Waals surface area contributed by atoms with Crippen molar-refractivity contribution in [2.24, 2.45) is 34.4 Å². The molecule has 11 nitrogen and oxygen atoms in total. The standard InChI is InChI=1S/C20H40N8O3S2/c21-13-3-1-11-5-10(6-14(22)16(11)13)8-31-19-17-18(26-9-25-17)27-20(28-19)24-7-12-2-4-15(32-12)33(23,29)30/h10-20,24-28H,1-9,21-22H2,(H2,23,29,30)/t10-,11+,12?,13-,14-,15?,16-,17?,18?,19?,20?/m1/s1. The number of thioether (sulfide) groups is 1. The van der Waals surface area contributed by atoms with Crippen LogP contribution in [0.3, 0.4) is 0 Å². The van der Waals surface area contributed by atoms with Gasteiger partial charge < -0.3 is 16.2 Å². The summed E-state index contributed by atoms with van der Waals surface area (Å²) in [6.45, 7) is 2.11. The molecular weight excluding hydrogens is 464 g/mol. The molecule has 6 unspecified atom stereocenters. The molecule has 3 saturated heterocycles. The lowest BCUT2D eigenvalue weighted by Gasteiger charge is -2.42. The molecule has 5 rings (SSSR count). The topological polar surface area (TPSA) is 182 Å². The molecule has 0 aromatic rings. The molecule has 2 saturated carbocycles. The van der Waals surface area contributed by atoms with Crippen LogP contribution in [-0.4, -0.2) is 74.9 Å². The monoisotopic (exact) mass is 504 g/mol. The van der Waals surface area contributed by atoms with E-state index in [2.05, 4.69) is 26.6 Å². The average molecular weight is 505 g/mol. The number of hydrogen-bond donors (Lipinski definition) is 8. The first-order chi connectivity index (χ1) is 15.8. The van der Waals surface area contributed by atoms with Crippen LogP contribution in [0, 0.1) is 17.8 Å². The van der Waals surface area contributed by atoms with E-state index in [4.69, 9.17) is 21.3 Å². The van der Waals surface area contributed by atoms with Crippen LogP contribution in [0.2, 0.25) is 0 Å². The van der Waals surface area contributed by atoms with Gasteiger partial charge in [-0.1, -0.05) is 0 Å². The Hall–Kier alpha value is -0.0600. The summed E-state index contributed by atoms with van der Waals surface area (Å²) in [5.41, 5.74) is 12.8. The van der Waals surface area contributed by atoms with E-state index >= 15 is 0 Å². The van der Waals surface area contributed by atoms with Crippen LogP contribution < -0.4 is 43.2 Å². The predicted octanol–water partition coefficient (Wildman–Crippen LogP) is -2.16. The number of sulfonamides is 1. The van der Waals surface area contributed by atoms with Crippen LogP contribution in [0.1, 0.15) is 38.5 Å². The van der Waals surface area contributed by atoms with Gasteiger partial charge in [0.05, 0.1) is 18.8 Å². The first-order valence-corrected chi connectivity index (χ1v) is 14.9. The van der Waals surface area contributed by atoms with Crippen molar-refractivity contribution in [1.29, 1.82) is 0 Å². The summed E-state index contributed by atoms with van der Waals surface area (Å²) in [6, 6.07) is 0.563. The van der Waals surface area contributed by atoms with Crippen molar-refractivity contribution >= 4 is 21.8 Å². The number of nitrogens with one attached hydrogen (secondary N) is 5. The number of fused-ring (bicyclic) bond motifs is 2. The predicted molar refractivity (Wildman–Crippen MR) is 129 cm³/mol. The minimum absolute atomic E-state index is 0.0907. The first kappa shape index (κ1) is 24.6. The van der Waals surface area contributed by atoms with Crippen LogP contribution in [0.4, 0.5) is 0 Å². The Morgan fingerprint density at radius 1 is 1.03 bits per heavy atom. The van der Waals surface area contributed by atoms with Crippen molar-refractivity contribution in [2.75, 3.05) is 19.8 Å². The number of primary sulfonamides is 1. The minimum atomic E-state index is -3.48. The summed E-state index contributed by atoms with van der Waals surface area (Å²) in [5, 5.41) is 23.0. The lowest BCUT2D eigenvalue weighted by atomic mass is 9.72. The number of rotatable bonds is 7. The van der Waals surface area contributed by atoms with Crippen LogP contribution in [-0.2, 0) is 14.8 Å². The molecule has 11 atom stereocenters. The summed E-state index contributed by atoms with van der Waals surface area (Å²) >= 11 is 1.45. The number of nitrogens with two attached hydrogens (primary N) is 3. The highest BCUT2D eigenvalue weighted by atomic mass is 32.3. The second-order valence-corrected chi connectivity index (χ2v) is 14.0. The average Bonchev–Trinajstić information content (AvgIpc) is 3.50. The SMILES string of the molecule is N[C@@H]1CC[C@H]2C[C@@H](COC3NC(NCC4CCC(S(N)(=O)=O)S4)NC4NCNC43)C[C@@H](N)[C@H]21. The van der Waals surface area contributed by atoms with Gasteiger partial charge in [0.1, 0.15) is 17.1 Å². The molecule has 11 N–H and O–H groups in total. The second-order valence-electron chi connectivity index (χ2n) is 10.5. The lowest BCUT2D eigenvalue weighted by molar-refractivity contribution is -0.0579. The van der Waals surface area contributed by atoms with Crippen molar-refractivity contribution < 1.29 is 13.2 Å². The van der Waals surface area contributed by atoms with Gasteiger partial charge in [-0.25, -0.2) is 13.6 Å². The molecule has 0 radical (unpaired) electrons. The Bertz CT molecular complexity index is 791. The molecule has 0 spiro atoms. The Kier molecular flexibility index (Phi) is 7.56. The number of ether oxygens (including phenoxy) is 1. The first-order valence-electron chi connectivity index (χ1n) is 12.3. The summed E-state index contributed by atoms with van der Waals surface area (Å²) in [6.07, 6.45) is 5.68. The van der Waals surface area contributed by atoms with Crippen molar-refractivity contribution in [3.05, 3.63) is 0 Å². The molecular formula is C20H40N8O3S2. The van der Waals surface area contributed by atoms with Crippen LogP contribution in [0.5, 0.6) is 0 Å². The smallest absolute Gasteiger partial charge is 0.221 e. The molecule has 5 fully saturated rings. The fraction of sp³-hybridized carbons (Fsp3) is 1.00. The molecule has 190 valence electrons. The molecule has 0 aromatic heterocycles. The van der Waals surface area contributed by atoms with E-state index in [0.29, 0.717) is 37.3 Å². The Morgan fingerprint density at radius 2 is 1.88 bits per heavy atom. The van der Waals surface area contributed by atoms with Gasteiger partial charge in [-0.2, -0.15) is 0 Å². The molecule has 13 heteroatoms. The van der Waals surface area contributed by atoms with Crippen molar-refractivity contribution in [3.63, 3.8) is 0 Å². The van der Waals surface area contributed by atoms with Gasteiger partial charge in [-0.05, 0) is 56.3 Å². The largest absolute Gasteiger partial charge is 0.361 e. The highest BCUT2D eigenvalue weighted by Crippen LogP contribution is 2.43. The summed E-state index contributed by atoms with van der Waals surface area (Å²) < 4.78 is 29.2. The van der Waals surface area contributed by atoms with Gasteiger partial charge in [0.15, 0.2) is 0 Å². The zero-order valence-corrected chi connectivity index (χ0v) is 20.6. The highest BCUT2D eigenvalue weighted by molar-refractivity contribution is 8.13. The van der Waals surface area contributed by atoms with Crippen LogP contribution >= 0.6 is 11.8 Å². The van der Waals surface area contributed by atoms with E-state index in [1.807, 2.05) is 0 Å². The lowest BCUT2D eigenvalue weighted by Crippen LogP contribution is -2.73. The van der Waals surface area contributed by atoms with E-state index in [1.54, 1.807) is 0 Å². The third-order valence-electron chi connectivity index (χ3n) is 8.16. The maximum absolute atomic E-state index is 11.6. The summed E-state index contributed by atoms with van der Waals surface area (Å²) in [5.74, 6) is 1.57. The number of hydrogen-bond acceptors (Lipinski definition) is 11. The molecule has 0 aromatic carbocycles. The molecule has 5 aliphatic rings. The quantitative estimate of drug-likeness (QED) is 0.189. The molecule has 0 bridgehead atoms. The molecule has 33 heavy (non-hydrogen) atoms. The third kappa shape index (κ3) is 5.53. The fourth-order valence-electron chi connectivity index (χ4n) is 6.58. The summed E-state index contributed by atoms with van der Waals surface area (Å²) in [7, 11) is -3.48. The highest BCUT2D eigenvalue weighted by Gasteiger charge is 2.45. The van der Waals surface area contributed by atoms with E-state index in [0.717, 1.165) is 32.4 Å². The van der Waals surface area contributed by atoms with Gasteiger partial charge >= 0.3 is 0 Å². The fourth-order valence-corrected chi connectivity index (χ4v) is 9.30. The molecule has 3 aliphatic heterocycles. The van der Waals surface area contributed by atoms with E-state index in [-0.39, 0.29) is 42.1 Å². The van der Waals surface area contributed by atoms with Crippen LogP contribution in [0.15, 0.2) is 0 Å². The van der Waals surface area contributed by atoms with Gasteiger partial charge in [0.2, 0.25) is 10.0 Å². The van der Waals surface area contributed by atoms with E-state index < -0.39 is 14.6 Å². The van der Waals surface area contributed by atoms with Gasteiger partial charge in [0, 0.05) is 30.5 Å². The van der Waals surface area contributed by atoms with Crippen molar-refractivity contribution in [2.45, 2.75) is 85.2 Å². The normalized spacial score (nSPS) is 48.0.